The van der Waals surface area contributed by atoms with E-state index in [9.17, 15) is 4.79 Å². The maximum absolute atomic E-state index is 12.5. The lowest BCUT2D eigenvalue weighted by molar-refractivity contribution is 0.0951. The molecule has 4 heteroatoms. The predicted molar refractivity (Wildman–Crippen MR) is 101 cm³/mol. The molecule has 0 bridgehead atoms. The minimum absolute atomic E-state index is 0.0923. The molecule has 0 saturated heterocycles. The van der Waals surface area contributed by atoms with E-state index in [1.165, 1.54) is 0 Å². The van der Waals surface area contributed by atoms with Crippen LogP contribution in [-0.2, 0) is 13.1 Å². The summed E-state index contributed by atoms with van der Waals surface area (Å²) >= 11 is 0. The second-order valence-electron chi connectivity index (χ2n) is 6.14. The van der Waals surface area contributed by atoms with Gasteiger partial charge in [0.25, 0.3) is 5.91 Å². The van der Waals surface area contributed by atoms with Crippen molar-refractivity contribution in [3.63, 3.8) is 0 Å². The summed E-state index contributed by atoms with van der Waals surface area (Å²) in [5.74, 6) is 0.705. The van der Waals surface area contributed by atoms with Crippen LogP contribution in [0.4, 0.5) is 0 Å². The molecule has 1 amide bonds. The van der Waals surface area contributed by atoms with Crippen LogP contribution in [0.25, 0.3) is 10.8 Å². The fourth-order valence-electron chi connectivity index (χ4n) is 2.89. The molecule has 128 valence electrons. The average Bonchev–Trinajstić information content (AvgIpc) is 2.64. The number of amides is 1. The second-order valence-corrected chi connectivity index (χ2v) is 6.14. The van der Waals surface area contributed by atoms with E-state index in [2.05, 4.69) is 11.4 Å². The van der Waals surface area contributed by atoms with E-state index in [-0.39, 0.29) is 5.91 Å². The highest BCUT2D eigenvalue weighted by atomic mass is 16.5. The lowest BCUT2D eigenvalue weighted by Gasteiger charge is -2.09. The molecule has 3 rings (SSSR count). The quantitative estimate of drug-likeness (QED) is 0.750. The number of hydrogen-bond acceptors (Lipinski definition) is 3. The van der Waals surface area contributed by atoms with Crippen LogP contribution in [0.3, 0.4) is 0 Å². The third-order valence-corrected chi connectivity index (χ3v) is 4.20. The van der Waals surface area contributed by atoms with Crippen LogP contribution < -0.4 is 15.8 Å². The zero-order chi connectivity index (χ0) is 17.8. The molecule has 0 aliphatic heterocycles. The number of nitrogens with one attached hydrogen (secondary N) is 1. The maximum atomic E-state index is 12.5. The van der Waals surface area contributed by atoms with Crippen LogP contribution in [0.1, 0.15) is 27.0 Å². The summed E-state index contributed by atoms with van der Waals surface area (Å²) < 4.78 is 5.27. The van der Waals surface area contributed by atoms with Crippen LogP contribution in [0.2, 0.25) is 0 Å². The Balaban J connectivity index is 1.75. The molecule has 3 aromatic rings. The second kappa shape index (κ2) is 7.36. The van der Waals surface area contributed by atoms with Crippen molar-refractivity contribution in [2.75, 3.05) is 7.11 Å². The molecule has 3 N–H and O–H groups in total. The molecule has 0 fully saturated rings. The van der Waals surface area contributed by atoms with Crippen LogP contribution in [0, 0.1) is 6.92 Å². The zero-order valence-corrected chi connectivity index (χ0v) is 14.5. The number of carbonyl (C=O) groups is 1. The molecule has 0 heterocycles. The number of hydrogen-bond donors (Lipinski definition) is 2. The molecule has 4 nitrogen and oxygen atoms in total. The molecule has 0 aliphatic carbocycles. The van der Waals surface area contributed by atoms with Crippen molar-refractivity contribution < 1.29 is 9.53 Å². The third kappa shape index (κ3) is 3.98. The number of nitrogens with two attached hydrogens (primary N) is 1. The molecular formula is C21H22N2O2. The van der Waals surface area contributed by atoms with Crippen molar-refractivity contribution in [1.29, 1.82) is 0 Å². The van der Waals surface area contributed by atoms with Gasteiger partial charge in [-0.25, -0.2) is 0 Å². The minimum Gasteiger partial charge on any atom is -0.497 e. The Morgan fingerprint density at radius 2 is 1.76 bits per heavy atom. The minimum atomic E-state index is -0.0923. The summed E-state index contributed by atoms with van der Waals surface area (Å²) in [6, 6.07) is 17.7. The average molecular weight is 334 g/mol. The summed E-state index contributed by atoms with van der Waals surface area (Å²) in [4.78, 5) is 12.5. The summed E-state index contributed by atoms with van der Waals surface area (Å²) in [5.41, 5.74) is 9.51. The first-order chi connectivity index (χ1) is 12.1. The number of carbonyl (C=O) groups excluding carboxylic acids is 1. The van der Waals surface area contributed by atoms with Gasteiger partial charge < -0.3 is 15.8 Å². The Hall–Kier alpha value is -2.85. The Kier molecular flexibility index (Phi) is 5.00. The third-order valence-electron chi connectivity index (χ3n) is 4.20. The number of rotatable bonds is 5. The van der Waals surface area contributed by atoms with Gasteiger partial charge in [-0.1, -0.05) is 24.3 Å². The van der Waals surface area contributed by atoms with Gasteiger partial charge in [0.2, 0.25) is 0 Å². The van der Waals surface area contributed by atoms with E-state index in [0.717, 1.165) is 33.2 Å². The topological polar surface area (TPSA) is 64.3 Å². The fourth-order valence-corrected chi connectivity index (χ4v) is 2.89. The Labute approximate surface area is 147 Å². The molecule has 0 unspecified atom stereocenters. The first-order valence-corrected chi connectivity index (χ1v) is 8.24. The van der Waals surface area contributed by atoms with Crippen molar-refractivity contribution in [3.8, 4) is 5.75 Å². The van der Waals surface area contributed by atoms with E-state index in [1.807, 2.05) is 55.5 Å². The number of aryl methyl sites for hydroxylation is 1. The number of fused-ring (bicyclic) bond motifs is 1. The summed E-state index contributed by atoms with van der Waals surface area (Å²) in [6.07, 6.45) is 0. The first-order valence-electron chi connectivity index (χ1n) is 8.24. The van der Waals surface area contributed by atoms with Gasteiger partial charge in [-0.3, -0.25) is 4.79 Å². The molecule has 0 aromatic heterocycles. The van der Waals surface area contributed by atoms with Crippen LogP contribution in [0.15, 0.2) is 54.6 Å². The highest BCUT2D eigenvalue weighted by Crippen LogP contribution is 2.19. The molecule has 25 heavy (non-hydrogen) atoms. The number of benzene rings is 3. The molecule has 0 spiro atoms. The van der Waals surface area contributed by atoms with E-state index >= 15 is 0 Å². The lowest BCUT2D eigenvalue weighted by Crippen LogP contribution is -2.22. The molecule has 0 atom stereocenters. The molecule has 3 aromatic carbocycles. The number of methoxy groups -OCH3 is 1. The predicted octanol–water partition coefficient (Wildman–Crippen LogP) is 3.55. The summed E-state index contributed by atoms with van der Waals surface area (Å²) in [5, 5.41) is 5.08. The van der Waals surface area contributed by atoms with Crippen molar-refractivity contribution in [2.24, 2.45) is 5.73 Å². The summed E-state index contributed by atoms with van der Waals surface area (Å²) in [6.45, 7) is 2.98. The van der Waals surface area contributed by atoms with Gasteiger partial charge in [0.05, 0.1) is 7.11 Å². The zero-order valence-electron chi connectivity index (χ0n) is 14.5. The first kappa shape index (κ1) is 17.0. The lowest BCUT2D eigenvalue weighted by atomic mass is 10.0. The fraction of sp³-hybridized carbons (Fsp3) is 0.190. The highest BCUT2D eigenvalue weighted by Gasteiger charge is 2.07. The number of ether oxygens (including phenoxy) is 1. The van der Waals surface area contributed by atoms with Gasteiger partial charge in [0.15, 0.2) is 0 Å². The van der Waals surface area contributed by atoms with Crippen molar-refractivity contribution in [1.82, 2.24) is 5.32 Å². The Morgan fingerprint density at radius 3 is 2.52 bits per heavy atom. The molecule has 0 aliphatic rings. The SMILES string of the molecule is COc1cc(C)cc(CNC(=O)c2ccc3cc(CN)ccc3c2)c1. The molecule has 0 saturated carbocycles. The van der Waals surface area contributed by atoms with E-state index in [4.69, 9.17) is 10.5 Å². The molecular weight excluding hydrogens is 312 g/mol. The van der Waals surface area contributed by atoms with E-state index < -0.39 is 0 Å². The van der Waals surface area contributed by atoms with E-state index in [0.29, 0.717) is 18.7 Å². The van der Waals surface area contributed by atoms with Gasteiger partial charge in [-0.15, -0.1) is 0 Å². The Morgan fingerprint density at radius 1 is 1.00 bits per heavy atom. The maximum Gasteiger partial charge on any atom is 0.251 e. The Bertz CT molecular complexity index is 919. The van der Waals surface area contributed by atoms with E-state index in [1.54, 1.807) is 7.11 Å². The van der Waals surface area contributed by atoms with Crippen molar-refractivity contribution in [2.45, 2.75) is 20.0 Å². The van der Waals surface area contributed by atoms with Crippen LogP contribution in [0.5, 0.6) is 5.75 Å². The monoisotopic (exact) mass is 334 g/mol. The van der Waals surface area contributed by atoms with Gasteiger partial charge in [0.1, 0.15) is 5.75 Å². The normalized spacial score (nSPS) is 10.7. The van der Waals surface area contributed by atoms with Gasteiger partial charge in [0, 0.05) is 18.7 Å². The van der Waals surface area contributed by atoms with Gasteiger partial charge in [-0.2, -0.15) is 0 Å². The smallest absolute Gasteiger partial charge is 0.251 e. The highest BCUT2D eigenvalue weighted by molar-refractivity contribution is 5.98. The largest absolute Gasteiger partial charge is 0.497 e. The van der Waals surface area contributed by atoms with Crippen molar-refractivity contribution in [3.05, 3.63) is 76.9 Å². The van der Waals surface area contributed by atoms with Gasteiger partial charge in [-0.05, 0) is 64.7 Å². The summed E-state index contributed by atoms with van der Waals surface area (Å²) in [7, 11) is 1.64. The van der Waals surface area contributed by atoms with Crippen molar-refractivity contribution >= 4 is 16.7 Å². The van der Waals surface area contributed by atoms with Gasteiger partial charge >= 0.3 is 0 Å². The standard InChI is InChI=1S/C21H22N2O2/c1-14-7-16(10-20(8-14)25-2)13-23-21(24)19-6-5-17-9-15(12-22)3-4-18(17)11-19/h3-11H,12-13,22H2,1-2H3,(H,23,24). The van der Waals surface area contributed by atoms with Crippen LogP contribution >= 0.6 is 0 Å². The van der Waals surface area contributed by atoms with Crippen LogP contribution in [-0.4, -0.2) is 13.0 Å². The molecule has 0 radical (unpaired) electrons.